The zero-order valence-electron chi connectivity index (χ0n) is 10.1. The van der Waals surface area contributed by atoms with E-state index in [0.717, 1.165) is 19.3 Å². The van der Waals surface area contributed by atoms with Gasteiger partial charge in [0.15, 0.2) is 0 Å². The molecule has 0 atom stereocenters. The van der Waals surface area contributed by atoms with E-state index in [0.29, 0.717) is 13.0 Å². The standard InChI is InChI=1S/C13H24O2/c1-3-5-7-8-9-10-11-13(14)15-12-6-4-2/h9-10H,3-8,11-12H2,1-2H3. The number of rotatable bonds is 9. The van der Waals surface area contributed by atoms with Crippen LogP contribution in [0.2, 0.25) is 0 Å². The molecule has 0 aliphatic rings. The van der Waals surface area contributed by atoms with Crippen LogP contribution in [0.3, 0.4) is 0 Å². The molecular weight excluding hydrogens is 188 g/mol. The lowest BCUT2D eigenvalue weighted by Gasteiger charge is -2.00. The minimum absolute atomic E-state index is 0.102. The molecular formula is C13H24O2. The smallest absolute Gasteiger partial charge is 0.309 e. The van der Waals surface area contributed by atoms with Crippen LogP contribution in [-0.4, -0.2) is 12.6 Å². The van der Waals surface area contributed by atoms with Crippen molar-refractivity contribution in [3.05, 3.63) is 12.2 Å². The summed E-state index contributed by atoms with van der Waals surface area (Å²) in [6, 6.07) is 0. The van der Waals surface area contributed by atoms with Crippen molar-refractivity contribution in [1.82, 2.24) is 0 Å². The van der Waals surface area contributed by atoms with Crippen molar-refractivity contribution in [1.29, 1.82) is 0 Å². The molecule has 0 amide bonds. The molecule has 0 N–H and O–H groups in total. The van der Waals surface area contributed by atoms with Crippen LogP contribution in [0.25, 0.3) is 0 Å². The summed E-state index contributed by atoms with van der Waals surface area (Å²) in [5, 5.41) is 0. The van der Waals surface area contributed by atoms with Gasteiger partial charge in [0.1, 0.15) is 0 Å². The van der Waals surface area contributed by atoms with E-state index >= 15 is 0 Å². The third-order valence-corrected chi connectivity index (χ3v) is 2.19. The highest BCUT2D eigenvalue weighted by atomic mass is 16.5. The van der Waals surface area contributed by atoms with E-state index in [2.05, 4.69) is 19.9 Å². The quantitative estimate of drug-likeness (QED) is 0.329. The second-order valence-electron chi connectivity index (χ2n) is 3.75. The zero-order valence-corrected chi connectivity index (χ0v) is 10.1. The Morgan fingerprint density at radius 3 is 2.47 bits per heavy atom. The van der Waals surface area contributed by atoms with Crippen molar-refractivity contribution in [3.63, 3.8) is 0 Å². The highest BCUT2D eigenvalue weighted by Crippen LogP contribution is 2.00. The summed E-state index contributed by atoms with van der Waals surface area (Å²) in [6.45, 7) is 4.84. The van der Waals surface area contributed by atoms with Gasteiger partial charge in [-0.2, -0.15) is 0 Å². The maximum Gasteiger partial charge on any atom is 0.309 e. The summed E-state index contributed by atoms with van der Waals surface area (Å²) in [5.41, 5.74) is 0. The minimum Gasteiger partial charge on any atom is -0.465 e. The molecule has 0 radical (unpaired) electrons. The number of hydrogen-bond acceptors (Lipinski definition) is 2. The van der Waals surface area contributed by atoms with Gasteiger partial charge in [-0.25, -0.2) is 0 Å². The normalized spacial score (nSPS) is 10.8. The number of unbranched alkanes of at least 4 members (excludes halogenated alkanes) is 4. The Morgan fingerprint density at radius 1 is 1.07 bits per heavy atom. The number of carbonyl (C=O) groups excluding carboxylic acids is 1. The van der Waals surface area contributed by atoms with E-state index in [9.17, 15) is 4.79 Å². The average Bonchev–Trinajstić information content (AvgIpc) is 2.23. The topological polar surface area (TPSA) is 26.3 Å². The molecule has 0 aliphatic carbocycles. The monoisotopic (exact) mass is 212 g/mol. The van der Waals surface area contributed by atoms with E-state index in [4.69, 9.17) is 4.74 Å². The van der Waals surface area contributed by atoms with Crippen LogP contribution in [0.1, 0.15) is 58.8 Å². The van der Waals surface area contributed by atoms with E-state index in [1.165, 1.54) is 19.3 Å². The number of ether oxygens (including phenoxy) is 1. The molecule has 0 aromatic rings. The predicted molar refractivity (Wildman–Crippen MR) is 63.8 cm³/mol. The molecule has 0 saturated carbocycles. The van der Waals surface area contributed by atoms with Crippen molar-refractivity contribution < 1.29 is 9.53 Å². The van der Waals surface area contributed by atoms with Crippen molar-refractivity contribution >= 4 is 5.97 Å². The lowest BCUT2D eigenvalue weighted by molar-refractivity contribution is -0.142. The highest BCUT2D eigenvalue weighted by Gasteiger charge is 1.97. The van der Waals surface area contributed by atoms with E-state index < -0.39 is 0 Å². The fraction of sp³-hybridized carbons (Fsp3) is 0.769. The summed E-state index contributed by atoms with van der Waals surface area (Å²) in [6.07, 6.45) is 11.3. The second-order valence-corrected chi connectivity index (χ2v) is 3.75. The largest absolute Gasteiger partial charge is 0.465 e. The zero-order chi connectivity index (χ0) is 11.4. The van der Waals surface area contributed by atoms with Gasteiger partial charge in [-0.15, -0.1) is 0 Å². The summed E-state index contributed by atoms with van der Waals surface area (Å²) < 4.78 is 5.02. The summed E-state index contributed by atoms with van der Waals surface area (Å²) >= 11 is 0. The molecule has 88 valence electrons. The molecule has 0 aromatic carbocycles. The number of carbonyl (C=O) groups is 1. The molecule has 0 rings (SSSR count). The van der Waals surface area contributed by atoms with Crippen LogP contribution in [0.4, 0.5) is 0 Å². The van der Waals surface area contributed by atoms with Crippen LogP contribution in [-0.2, 0) is 9.53 Å². The molecule has 0 heterocycles. The van der Waals surface area contributed by atoms with Crippen molar-refractivity contribution in [3.8, 4) is 0 Å². The van der Waals surface area contributed by atoms with Crippen LogP contribution < -0.4 is 0 Å². The Hall–Kier alpha value is -0.790. The first-order valence-corrected chi connectivity index (χ1v) is 6.11. The van der Waals surface area contributed by atoms with Gasteiger partial charge < -0.3 is 4.74 Å². The first kappa shape index (κ1) is 14.2. The second kappa shape index (κ2) is 11.3. The van der Waals surface area contributed by atoms with Gasteiger partial charge in [-0.3, -0.25) is 4.79 Å². The van der Waals surface area contributed by atoms with Crippen LogP contribution in [0, 0.1) is 0 Å². The maximum absolute atomic E-state index is 11.1. The first-order valence-electron chi connectivity index (χ1n) is 6.11. The highest BCUT2D eigenvalue weighted by molar-refractivity contribution is 5.71. The molecule has 0 spiro atoms. The number of esters is 1. The van der Waals surface area contributed by atoms with Gasteiger partial charge in [0, 0.05) is 0 Å². The molecule has 0 saturated heterocycles. The van der Waals surface area contributed by atoms with E-state index in [1.54, 1.807) is 0 Å². The Balaban J connectivity index is 3.28. The summed E-state index contributed by atoms with van der Waals surface area (Å²) in [5.74, 6) is -0.102. The van der Waals surface area contributed by atoms with E-state index in [1.807, 2.05) is 6.08 Å². The third-order valence-electron chi connectivity index (χ3n) is 2.19. The average molecular weight is 212 g/mol. The summed E-state index contributed by atoms with van der Waals surface area (Å²) in [7, 11) is 0. The Morgan fingerprint density at radius 2 is 1.80 bits per heavy atom. The van der Waals surface area contributed by atoms with Crippen LogP contribution in [0.15, 0.2) is 12.2 Å². The van der Waals surface area contributed by atoms with Crippen molar-refractivity contribution in [2.75, 3.05) is 6.61 Å². The number of hydrogen-bond donors (Lipinski definition) is 0. The van der Waals surface area contributed by atoms with Gasteiger partial charge >= 0.3 is 5.97 Å². The first-order chi connectivity index (χ1) is 7.31. The lowest BCUT2D eigenvalue weighted by Crippen LogP contribution is -2.03. The molecule has 0 fully saturated rings. The van der Waals surface area contributed by atoms with Gasteiger partial charge in [0.2, 0.25) is 0 Å². The third kappa shape index (κ3) is 11.1. The van der Waals surface area contributed by atoms with Gasteiger partial charge in [0.05, 0.1) is 13.0 Å². The molecule has 0 aliphatic heterocycles. The fourth-order valence-electron chi connectivity index (χ4n) is 1.20. The maximum atomic E-state index is 11.1. The van der Waals surface area contributed by atoms with Crippen molar-refractivity contribution in [2.45, 2.75) is 58.8 Å². The minimum atomic E-state index is -0.102. The Kier molecular flexibility index (Phi) is 10.7. The predicted octanol–water partition coefficient (Wildman–Crippen LogP) is 3.86. The van der Waals surface area contributed by atoms with Crippen LogP contribution >= 0.6 is 0 Å². The Labute approximate surface area is 93.7 Å². The van der Waals surface area contributed by atoms with Gasteiger partial charge in [-0.1, -0.05) is 45.3 Å². The summed E-state index contributed by atoms with van der Waals surface area (Å²) in [4.78, 5) is 11.1. The SMILES string of the molecule is CCCCCC=CCC(=O)OCCCC. The van der Waals surface area contributed by atoms with Crippen molar-refractivity contribution in [2.24, 2.45) is 0 Å². The lowest BCUT2D eigenvalue weighted by atomic mass is 10.2. The molecule has 0 unspecified atom stereocenters. The fourth-order valence-corrected chi connectivity index (χ4v) is 1.20. The van der Waals surface area contributed by atoms with Gasteiger partial charge in [0.25, 0.3) is 0 Å². The van der Waals surface area contributed by atoms with Gasteiger partial charge in [-0.05, 0) is 19.3 Å². The van der Waals surface area contributed by atoms with Crippen LogP contribution in [0.5, 0.6) is 0 Å². The molecule has 0 aromatic heterocycles. The van der Waals surface area contributed by atoms with E-state index in [-0.39, 0.29) is 5.97 Å². The molecule has 15 heavy (non-hydrogen) atoms. The number of allylic oxidation sites excluding steroid dienone is 1. The molecule has 2 heteroatoms. The molecule has 0 bridgehead atoms. The molecule has 2 nitrogen and oxygen atoms in total. The Bertz CT molecular complexity index is 173.